The van der Waals surface area contributed by atoms with Crippen molar-refractivity contribution in [2.24, 2.45) is 11.5 Å². The van der Waals surface area contributed by atoms with Crippen LogP contribution >= 0.6 is 22.6 Å². The Kier molecular flexibility index (Phi) is 6.57. The molecule has 30 heavy (non-hydrogen) atoms. The van der Waals surface area contributed by atoms with Crippen molar-refractivity contribution in [3.63, 3.8) is 0 Å². The number of piperidine rings is 1. The number of hydrogen-bond acceptors (Lipinski definition) is 6. The molecule has 1 fully saturated rings. The molecule has 4 N–H and O–H groups in total. The summed E-state index contributed by atoms with van der Waals surface area (Å²) in [7, 11) is 0. The van der Waals surface area contributed by atoms with Gasteiger partial charge in [-0.25, -0.2) is 9.18 Å². The number of primary amides is 2. The molecule has 2 atom stereocenters. The number of likely N-dealkylation sites (tertiary alicyclic amines) is 1. The van der Waals surface area contributed by atoms with Gasteiger partial charge in [0.25, 0.3) is 11.8 Å². The first kappa shape index (κ1) is 22.0. The molecule has 2 aromatic rings. The summed E-state index contributed by atoms with van der Waals surface area (Å²) in [4.78, 5) is 24.8. The van der Waals surface area contributed by atoms with Crippen molar-refractivity contribution in [2.45, 2.75) is 31.1 Å². The molecule has 9 nitrogen and oxygen atoms in total. The Hall–Kier alpha value is -2.72. The van der Waals surface area contributed by atoms with Crippen LogP contribution in [0.15, 0.2) is 30.5 Å². The summed E-state index contributed by atoms with van der Waals surface area (Å²) in [5, 5.41) is 13.4. The fourth-order valence-corrected chi connectivity index (χ4v) is 3.95. The van der Waals surface area contributed by atoms with Crippen LogP contribution in [0.1, 0.15) is 28.8 Å². The molecule has 158 valence electrons. The number of amides is 2. The number of carbonyl (C=O) groups excluding carboxylic acids is 2. The number of aromatic nitrogens is 2. The molecule has 0 spiro atoms. The van der Waals surface area contributed by atoms with Crippen molar-refractivity contribution < 1.29 is 18.7 Å². The van der Waals surface area contributed by atoms with E-state index in [4.69, 9.17) is 16.2 Å². The second kappa shape index (κ2) is 8.97. The SMILES string of the molecule is N#CCC1(n2cc(C(N)=O)c(OC(N)=O)n2)CCN(Cc2ccc(I)cc2)CC1F. The fourth-order valence-electron chi connectivity index (χ4n) is 3.59. The number of rotatable bonds is 6. The molecule has 0 aliphatic carbocycles. The highest BCUT2D eigenvalue weighted by Gasteiger charge is 2.46. The van der Waals surface area contributed by atoms with Crippen molar-refractivity contribution in [1.82, 2.24) is 14.7 Å². The van der Waals surface area contributed by atoms with Gasteiger partial charge in [0.1, 0.15) is 17.3 Å². The molecule has 2 heterocycles. The predicted molar refractivity (Wildman–Crippen MR) is 113 cm³/mol. The predicted octanol–water partition coefficient (Wildman–Crippen LogP) is 1.90. The molecule has 0 bridgehead atoms. The Morgan fingerprint density at radius 2 is 2.07 bits per heavy atom. The number of benzene rings is 1. The Balaban J connectivity index is 1.86. The van der Waals surface area contributed by atoms with E-state index in [1.165, 1.54) is 10.9 Å². The van der Waals surface area contributed by atoms with Gasteiger partial charge in [-0.15, -0.1) is 5.10 Å². The van der Waals surface area contributed by atoms with Crippen LogP contribution in [-0.4, -0.2) is 45.9 Å². The first-order chi connectivity index (χ1) is 14.2. The second-order valence-corrected chi connectivity index (χ2v) is 8.34. The second-order valence-electron chi connectivity index (χ2n) is 7.10. The minimum atomic E-state index is -1.46. The summed E-state index contributed by atoms with van der Waals surface area (Å²) in [5.74, 6) is -1.31. The third-order valence-electron chi connectivity index (χ3n) is 5.17. The van der Waals surface area contributed by atoms with Gasteiger partial charge in [0.2, 0.25) is 0 Å². The molecular formula is C19H20FIN6O3. The molecule has 0 saturated carbocycles. The molecule has 1 saturated heterocycles. The normalized spacial score (nSPS) is 21.7. The van der Waals surface area contributed by atoms with Gasteiger partial charge in [0.05, 0.1) is 12.5 Å². The topological polar surface area (TPSA) is 140 Å². The van der Waals surface area contributed by atoms with Crippen LogP contribution < -0.4 is 16.2 Å². The van der Waals surface area contributed by atoms with E-state index >= 15 is 4.39 Å². The minimum absolute atomic E-state index is 0.0748. The Morgan fingerprint density at radius 1 is 1.37 bits per heavy atom. The molecular weight excluding hydrogens is 506 g/mol. The van der Waals surface area contributed by atoms with E-state index < -0.39 is 29.6 Å². The Labute approximate surface area is 185 Å². The summed E-state index contributed by atoms with van der Waals surface area (Å²) < 4.78 is 22.5. The van der Waals surface area contributed by atoms with Crippen LogP contribution in [0, 0.1) is 14.9 Å². The lowest BCUT2D eigenvalue weighted by molar-refractivity contribution is 0.00633. The van der Waals surface area contributed by atoms with Crippen molar-refractivity contribution in [1.29, 1.82) is 5.26 Å². The standard InChI is InChI=1S/C19H20FIN6O3/c20-15-11-26(9-12-1-3-13(21)4-2-12)8-6-19(15,5-7-22)27-10-14(16(23)28)17(25-27)30-18(24)29/h1-4,10,15H,5-6,8-9,11H2,(H2,23,28)(H2,24,29). The quantitative estimate of drug-likeness (QED) is 0.551. The van der Waals surface area contributed by atoms with Gasteiger partial charge in [-0.3, -0.25) is 14.4 Å². The van der Waals surface area contributed by atoms with E-state index in [0.29, 0.717) is 13.1 Å². The zero-order chi connectivity index (χ0) is 21.9. The average Bonchev–Trinajstić information content (AvgIpc) is 3.10. The van der Waals surface area contributed by atoms with E-state index in [1.54, 1.807) is 0 Å². The van der Waals surface area contributed by atoms with Crippen LogP contribution in [0.2, 0.25) is 0 Å². The van der Waals surface area contributed by atoms with Crippen molar-refractivity contribution in [3.05, 3.63) is 45.2 Å². The summed E-state index contributed by atoms with van der Waals surface area (Å²) in [6.45, 7) is 1.15. The van der Waals surface area contributed by atoms with Crippen molar-refractivity contribution >= 4 is 34.6 Å². The summed E-state index contributed by atoms with van der Waals surface area (Å²) in [6, 6.07) is 9.97. The van der Waals surface area contributed by atoms with E-state index in [0.717, 1.165) is 9.13 Å². The Bertz CT molecular complexity index is 989. The van der Waals surface area contributed by atoms with Crippen LogP contribution in [0.25, 0.3) is 0 Å². The average molecular weight is 526 g/mol. The number of nitrogens with two attached hydrogens (primary N) is 2. The van der Waals surface area contributed by atoms with Gasteiger partial charge in [-0.05, 0) is 46.7 Å². The smallest absolute Gasteiger partial charge is 0.389 e. The van der Waals surface area contributed by atoms with Crippen LogP contribution in [0.4, 0.5) is 9.18 Å². The molecule has 2 unspecified atom stereocenters. The number of halogens is 2. The zero-order valence-corrected chi connectivity index (χ0v) is 18.1. The third kappa shape index (κ3) is 4.54. The molecule has 1 aromatic carbocycles. The molecule has 1 aromatic heterocycles. The zero-order valence-electron chi connectivity index (χ0n) is 15.9. The molecule has 11 heteroatoms. The van der Waals surface area contributed by atoms with E-state index in [9.17, 15) is 14.9 Å². The largest absolute Gasteiger partial charge is 0.411 e. The molecule has 3 rings (SSSR count). The lowest BCUT2D eigenvalue weighted by Crippen LogP contribution is -2.54. The van der Waals surface area contributed by atoms with Crippen molar-refractivity contribution in [3.8, 4) is 11.9 Å². The number of carbonyl (C=O) groups is 2. The summed E-state index contributed by atoms with van der Waals surface area (Å²) in [6.07, 6.45) is -1.35. The van der Waals surface area contributed by atoms with Gasteiger partial charge in [-0.2, -0.15) is 5.26 Å². The van der Waals surface area contributed by atoms with E-state index in [-0.39, 0.29) is 24.9 Å². The number of hydrogen-bond donors (Lipinski definition) is 2. The number of ether oxygens (including phenoxy) is 1. The number of nitriles is 1. The fraction of sp³-hybridized carbons (Fsp3) is 0.368. The molecule has 2 amide bonds. The maximum Gasteiger partial charge on any atom is 0.411 e. The Morgan fingerprint density at radius 3 is 2.63 bits per heavy atom. The third-order valence-corrected chi connectivity index (χ3v) is 5.89. The van der Waals surface area contributed by atoms with Crippen LogP contribution in [0.3, 0.4) is 0 Å². The highest BCUT2D eigenvalue weighted by atomic mass is 127. The van der Waals surface area contributed by atoms with Gasteiger partial charge in [-0.1, -0.05) is 12.1 Å². The van der Waals surface area contributed by atoms with Crippen LogP contribution in [-0.2, 0) is 12.1 Å². The van der Waals surface area contributed by atoms with Gasteiger partial charge >= 0.3 is 6.09 Å². The summed E-state index contributed by atoms with van der Waals surface area (Å²) in [5.41, 5.74) is 9.85. The number of alkyl halides is 1. The lowest BCUT2D eigenvalue weighted by Gasteiger charge is -2.43. The van der Waals surface area contributed by atoms with Crippen molar-refractivity contribution in [2.75, 3.05) is 13.1 Å². The molecule has 1 aliphatic heterocycles. The first-order valence-electron chi connectivity index (χ1n) is 9.10. The first-order valence-corrected chi connectivity index (χ1v) is 10.2. The monoisotopic (exact) mass is 526 g/mol. The molecule has 1 aliphatic rings. The minimum Gasteiger partial charge on any atom is -0.389 e. The van der Waals surface area contributed by atoms with Gasteiger partial charge in [0.15, 0.2) is 0 Å². The van der Waals surface area contributed by atoms with E-state index in [1.807, 2.05) is 35.2 Å². The lowest BCUT2D eigenvalue weighted by atomic mass is 9.83. The number of nitrogens with zero attached hydrogens (tertiary/aromatic N) is 4. The van der Waals surface area contributed by atoms with Gasteiger partial charge < -0.3 is 16.2 Å². The van der Waals surface area contributed by atoms with E-state index in [2.05, 4.69) is 27.7 Å². The molecule has 0 radical (unpaired) electrons. The van der Waals surface area contributed by atoms with Crippen LogP contribution in [0.5, 0.6) is 5.88 Å². The maximum atomic E-state index is 15.5. The highest BCUT2D eigenvalue weighted by molar-refractivity contribution is 14.1. The van der Waals surface area contributed by atoms with Gasteiger partial charge in [0, 0.05) is 29.4 Å². The maximum absolute atomic E-state index is 15.5. The highest BCUT2D eigenvalue weighted by Crippen LogP contribution is 2.37. The summed E-state index contributed by atoms with van der Waals surface area (Å²) >= 11 is 2.22.